The Morgan fingerprint density at radius 3 is 3.07 bits per heavy atom. The lowest BCUT2D eigenvalue weighted by Crippen LogP contribution is -2.30. The fourth-order valence-corrected chi connectivity index (χ4v) is 2.53. The first-order chi connectivity index (χ1) is 7.24. The van der Waals surface area contributed by atoms with E-state index in [0.717, 1.165) is 21.4 Å². The number of hydrogen-bond acceptors (Lipinski definition) is 4. The molecule has 2 heterocycles. The maximum Gasteiger partial charge on any atom is 0.140 e. The van der Waals surface area contributed by atoms with Crippen LogP contribution in [0, 0.1) is 0 Å². The summed E-state index contributed by atoms with van der Waals surface area (Å²) in [6.45, 7) is 2.16. The summed E-state index contributed by atoms with van der Waals surface area (Å²) < 4.78 is 0. The highest BCUT2D eigenvalue weighted by atomic mass is 79.9. The highest BCUT2D eigenvalue weighted by molar-refractivity contribution is 9.09. The molecule has 1 unspecified atom stereocenters. The van der Waals surface area contributed by atoms with Gasteiger partial charge in [-0.2, -0.15) is 0 Å². The Bertz CT molecular complexity index is 457. The van der Waals surface area contributed by atoms with Crippen LogP contribution in [-0.2, 0) is 0 Å². The molecule has 0 fully saturated rings. The lowest BCUT2D eigenvalue weighted by atomic mass is 10.3. The summed E-state index contributed by atoms with van der Waals surface area (Å²) in [5.41, 5.74) is 0. The van der Waals surface area contributed by atoms with Crippen LogP contribution >= 0.6 is 27.3 Å². The molecule has 15 heavy (non-hydrogen) atoms. The summed E-state index contributed by atoms with van der Waals surface area (Å²) in [7, 11) is 2.06. The number of nitrogens with zero attached hydrogens (tertiary/aromatic N) is 3. The third-order valence-corrected chi connectivity index (χ3v) is 4.22. The minimum Gasteiger partial charge on any atom is -0.355 e. The van der Waals surface area contributed by atoms with Crippen LogP contribution in [0.25, 0.3) is 10.2 Å². The molecule has 2 rings (SSSR count). The lowest BCUT2D eigenvalue weighted by molar-refractivity contribution is 0.759. The highest BCUT2D eigenvalue weighted by Gasteiger charge is 2.13. The highest BCUT2D eigenvalue weighted by Crippen LogP contribution is 2.27. The zero-order valence-corrected chi connectivity index (χ0v) is 11.0. The Labute approximate surface area is 101 Å². The van der Waals surface area contributed by atoms with Gasteiger partial charge in [0.25, 0.3) is 0 Å². The maximum atomic E-state index is 4.35. The summed E-state index contributed by atoms with van der Waals surface area (Å²) in [5, 5.41) is 4.12. The fraction of sp³-hybridized carbons (Fsp3) is 0.400. The lowest BCUT2D eigenvalue weighted by Gasteiger charge is -2.24. The van der Waals surface area contributed by atoms with E-state index >= 15 is 0 Å². The van der Waals surface area contributed by atoms with Gasteiger partial charge in [0.2, 0.25) is 0 Å². The molecule has 1 atom stereocenters. The minimum atomic E-state index is 0.419. The molecule has 0 saturated heterocycles. The van der Waals surface area contributed by atoms with Crippen LogP contribution in [-0.4, -0.2) is 28.4 Å². The van der Waals surface area contributed by atoms with Crippen LogP contribution < -0.4 is 4.90 Å². The van der Waals surface area contributed by atoms with Crippen LogP contribution in [0.1, 0.15) is 6.92 Å². The first-order valence-electron chi connectivity index (χ1n) is 4.71. The van der Waals surface area contributed by atoms with Crippen molar-refractivity contribution in [2.24, 2.45) is 0 Å². The van der Waals surface area contributed by atoms with Gasteiger partial charge in [-0.1, -0.05) is 15.9 Å². The van der Waals surface area contributed by atoms with E-state index in [9.17, 15) is 0 Å². The van der Waals surface area contributed by atoms with E-state index in [1.165, 1.54) is 0 Å². The average Bonchev–Trinajstić information content (AvgIpc) is 2.74. The molecule has 0 bridgehead atoms. The summed E-state index contributed by atoms with van der Waals surface area (Å²) in [4.78, 5) is 11.8. The van der Waals surface area contributed by atoms with Gasteiger partial charge < -0.3 is 4.90 Å². The molecule has 5 heteroatoms. The van der Waals surface area contributed by atoms with E-state index in [1.54, 1.807) is 17.7 Å². The van der Waals surface area contributed by atoms with Gasteiger partial charge in [0.05, 0.1) is 5.39 Å². The van der Waals surface area contributed by atoms with Gasteiger partial charge in [0.1, 0.15) is 17.0 Å². The monoisotopic (exact) mass is 285 g/mol. The van der Waals surface area contributed by atoms with E-state index in [-0.39, 0.29) is 0 Å². The van der Waals surface area contributed by atoms with Crippen LogP contribution in [0.3, 0.4) is 0 Å². The second kappa shape index (κ2) is 4.45. The second-order valence-corrected chi connectivity index (χ2v) is 4.99. The molecule has 0 spiro atoms. The summed E-state index contributed by atoms with van der Waals surface area (Å²) in [6, 6.07) is 2.50. The SMILES string of the molecule is CC(CBr)N(C)c1ncnc2sccc12. The molecule has 2 aromatic heterocycles. The zero-order chi connectivity index (χ0) is 10.8. The van der Waals surface area contributed by atoms with E-state index in [4.69, 9.17) is 0 Å². The number of alkyl halides is 1. The smallest absolute Gasteiger partial charge is 0.140 e. The molecule has 0 radical (unpaired) electrons. The van der Waals surface area contributed by atoms with Crippen molar-refractivity contribution in [3.63, 3.8) is 0 Å². The normalized spacial score (nSPS) is 13.0. The van der Waals surface area contributed by atoms with Crippen molar-refractivity contribution in [2.75, 3.05) is 17.3 Å². The predicted octanol–water partition coefficient (Wildman–Crippen LogP) is 2.91. The van der Waals surface area contributed by atoms with Crippen molar-refractivity contribution in [3.8, 4) is 0 Å². The summed E-state index contributed by atoms with van der Waals surface area (Å²) in [6.07, 6.45) is 1.63. The number of hydrogen-bond donors (Lipinski definition) is 0. The van der Waals surface area contributed by atoms with Gasteiger partial charge in [-0.25, -0.2) is 9.97 Å². The largest absolute Gasteiger partial charge is 0.355 e. The van der Waals surface area contributed by atoms with Gasteiger partial charge in [-0.3, -0.25) is 0 Å². The first-order valence-corrected chi connectivity index (χ1v) is 6.71. The Balaban J connectivity index is 2.46. The first kappa shape index (κ1) is 10.8. The van der Waals surface area contributed by atoms with Crippen molar-refractivity contribution in [1.82, 2.24) is 9.97 Å². The third kappa shape index (κ3) is 1.99. The van der Waals surface area contributed by atoms with Crippen molar-refractivity contribution >= 4 is 43.3 Å². The molecular formula is C10H12BrN3S. The standard InChI is InChI=1S/C10H12BrN3S/c1-7(5-11)14(2)9-8-3-4-15-10(8)13-6-12-9/h3-4,6-7H,5H2,1-2H3. The molecule has 2 aromatic rings. The van der Waals surface area contributed by atoms with Gasteiger partial charge in [-0.05, 0) is 18.4 Å². The summed E-state index contributed by atoms with van der Waals surface area (Å²) >= 11 is 5.13. The van der Waals surface area contributed by atoms with Crippen LogP contribution in [0.2, 0.25) is 0 Å². The Morgan fingerprint density at radius 1 is 1.53 bits per heavy atom. The number of rotatable bonds is 3. The quantitative estimate of drug-likeness (QED) is 0.812. The van der Waals surface area contributed by atoms with Gasteiger partial charge >= 0.3 is 0 Å². The second-order valence-electron chi connectivity index (χ2n) is 3.45. The summed E-state index contributed by atoms with van der Waals surface area (Å²) in [5.74, 6) is 1.01. The number of anilines is 1. The molecule has 0 aromatic carbocycles. The van der Waals surface area contributed by atoms with E-state index in [2.05, 4.69) is 56.2 Å². The Kier molecular flexibility index (Phi) is 3.21. The molecule has 0 aliphatic carbocycles. The van der Waals surface area contributed by atoms with Gasteiger partial charge in [0, 0.05) is 18.4 Å². The molecule has 3 nitrogen and oxygen atoms in total. The topological polar surface area (TPSA) is 29.0 Å². The minimum absolute atomic E-state index is 0.419. The number of aromatic nitrogens is 2. The number of fused-ring (bicyclic) bond motifs is 1. The molecule has 80 valence electrons. The maximum absolute atomic E-state index is 4.35. The van der Waals surface area contributed by atoms with Crippen LogP contribution in [0.4, 0.5) is 5.82 Å². The Morgan fingerprint density at radius 2 is 2.33 bits per heavy atom. The molecular weight excluding hydrogens is 274 g/mol. The van der Waals surface area contributed by atoms with Crippen molar-refractivity contribution in [2.45, 2.75) is 13.0 Å². The van der Waals surface area contributed by atoms with Gasteiger partial charge in [0.15, 0.2) is 0 Å². The molecule has 0 N–H and O–H groups in total. The number of thiophene rings is 1. The fourth-order valence-electron chi connectivity index (χ4n) is 1.37. The van der Waals surface area contributed by atoms with E-state index in [0.29, 0.717) is 6.04 Å². The van der Waals surface area contributed by atoms with Crippen LogP contribution in [0.5, 0.6) is 0 Å². The zero-order valence-electron chi connectivity index (χ0n) is 8.64. The molecule has 0 amide bonds. The molecule has 0 saturated carbocycles. The molecule has 0 aliphatic heterocycles. The van der Waals surface area contributed by atoms with Gasteiger partial charge in [-0.15, -0.1) is 11.3 Å². The Hall–Kier alpha value is -0.680. The third-order valence-electron chi connectivity index (χ3n) is 2.46. The average molecular weight is 286 g/mol. The van der Waals surface area contributed by atoms with E-state index in [1.807, 2.05) is 0 Å². The van der Waals surface area contributed by atoms with E-state index < -0.39 is 0 Å². The van der Waals surface area contributed by atoms with Crippen LogP contribution in [0.15, 0.2) is 17.8 Å². The van der Waals surface area contributed by atoms with Crippen molar-refractivity contribution in [1.29, 1.82) is 0 Å². The van der Waals surface area contributed by atoms with Crippen molar-refractivity contribution < 1.29 is 0 Å². The van der Waals surface area contributed by atoms with Crippen molar-refractivity contribution in [3.05, 3.63) is 17.8 Å². The number of halogens is 1. The predicted molar refractivity (Wildman–Crippen MR) is 69.1 cm³/mol. The molecule has 0 aliphatic rings.